The topological polar surface area (TPSA) is 96.9 Å². The van der Waals surface area contributed by atoms with Crippen molar-refractivity contribution in [3.05, 3.63) is 95.6 Å². The Morgan fingerprint density at radius 3 is 2.39 bits per heavy atom. The Kier molecular flexibility index (Phi) is 7.53. The third kappa shape index (κ3) is 6.77. The van der Waals surface area contributed by atoms with Gasteiger partial charge in [-0.1, -0.05) is 60.2 Å². The van der Waals surface area contributed by atoms with Crippen LogP contribution in [-0.2, 0) is 21.4 Å². The van der Waals surface area contributed by atoms with Gasteiger partial charge in [-0.3, -0.25) is 4.79 Å². The van der Waals surface area contributed by atoms with E-state index >= 15 is 0 Å². The van der Waals surface area contributed by atoms with Crippen molar-refractivity contribution < 1.29 is 17.9 Å². The van der Waals surface area contributed by atoms with Crippen molar-refractivity contribution in [1.82, 2.24) is 10.1 Å². The van der Waals surface area contributed by atoms with Gasteiger partial charge in [-0.25, -0.2) is 18.6 Å². The number of carbonyl (C=O) groups is 1. The highest BCUT2D eigenvalue weighted by Crippen LogP contribution is 2.17. The summed E-state index contributed by atoms with van der Waals surface area (Å²) in [6.07, 6.45) is 1.45. The first-order valence-electron chi connectivity index (χ1n) is 9.58. The van der Waals surface area contributed by atoms with Crippen LogP contribution in [0.1, 0.15) is 16.7 Å². The van der Waals surface area contributed by atoms with E-state index in [0.717, 1.165) is 11.1 Å². The molecule has 0 unspecified atom stereocenters. The summed E-state index contributed by atoms with van der Waals surface area (Å²) in [5, 5.41) is 3.90. The maximum Gasteiger partial charge on any atom is 0.255 e. The number of benzene rings is 3. The molecule has 8 heteroatoms. The number of para-hydroxylation sites is 1. The normalized spacial score (nSPS) is 11.4. The first-order chi connectivity index (χ1) is 14.9. The third-order valence-electron chi connectivity index (χ3n) is 4.30. The van der Waals surface area contributed by atoms with E-state index in [1.165, 1.54) is 18.3 Å². The monoisotopic (exact) mass is 437 g/mol. The molecule has 3 rings (SSSR count). The fraction of sp³-hybridized carbons (Fsp3) is 0.130. The molecular weight excluding hydrogens is 414 g/mol. The minimum Gasteiger partial charge on any atom is -0.488 e. The van der Waals surface area contributed by atoms with E-state index in [2.05, 4.69) is 15.2 Å². The van der Waals surface area contributed by atoms with E-state index in [-0.39, 0.29) is 4.90 Å². The quantitative estimate of drug-likeness (QED) is 0.397. The molecule has 0 radical (unpaired) electrons. The summed E-state index contributed by atoms with van der Waals surface area (Å²) in [7, 11) is -3.77. The van der Waals surface area contributed by atoms with Gasteiger partial charge in [0.15, 0.2) is 0 Å². The average molecular weight is 438 g/mol. The molecule has 3 aromatic rings. The van der Waals surface area contributed by atoms with Gasteiger partial charge in [0, 0.05) is 5.56 Å². The second-order valence-electron chi connectivity index (χ2n) is 6.74. The Hall–Kier alpha value is -3.49. The molecule has 0 bridgehead atoms. The molecule has 7 nitrogen and oxygen atoms in total. The van der Waals surface area contributed by atoms with Gasteiger partial charge in [0.2, 0.25) is 10.0 Å². The lowest BCUT2D eigenvalue weighted by atomic mass is 10.2. The number of hydrogen-bond donors (Lipinski definition) is 2. The largest absolute Gasteiger partial charge is 0.488 e. The first-order valence-corrected chi connectivity index (χ1v) is 11.1. The molecule has 0 aromatic heterocycles. The van der Waals surface area contributed by atoms with E-state index in [0.29, 0.717) is 17.9 Å². The molecule has 160 valence electrons. The summed E-state index contributed by atoms with van der Waals surface area (Å²) < 4.78 is 32.6. The second kappa shape index (κ2) is 10.5. The molecule has 0 saturated carbocycles. The van der Waals surface area contributed by atoms with Crippen molar-refractivity contribution in [2.45, 2.75) is 18.4 Å². The van der Waals surface area contributed by atoms with E-state index in [1.54, 1.807) is 18.2 Å². The number of ether oxygens (including phenoxy) is 1. The Balaban J connectivity index is 1.53. The third-order valence-corrected chi connectivity index (χ3v) is 5.72. The predicted molar refractivity (Wildman–Crippen MR) is 119 cm³/mol. The van der Waals surface area contributed by atoms with Crippen molar-refractivity contribution in [2.75, 3.05) is 6.54 Å². The Morgan fingerprint density at radius 2 is 1.65 bits per heavy atom. The summed E-state index contributed by atoms with van der Waals surface area (Å²) in [5.41, 5.74) is 4.97. The van der Waals surface area contributed by atoms with Gasteiger partial charge in [-0.15, -0.1) is 0 Å². The van der Waals surface area contributed by atoms with Crippen LogP contribution in [0.3, 0.4) is 0 Å². The molecule has 0 atom stereocenters. The SMILES string of the molecule is Cc1ccc(S(=O)(=O)NCC(=O)N/N=C/c2ccccc2OCc2ccccc2)cc1. The molecule has 0 fully saturated rings. The highest BCUT2D eigenvalue weighted by molar-refractivity contribution is 7.89. The zero-order valence-electron chi connectivity index (χ0n) is 17.0. The van der Waals surface area contributed by atoms with Crippen molar-refractivity contribution >= 4 is 22.1 Å². The minimum absolute atomic E-state index is 0.0962. The molecule has 1 amide bonds. The number of carbonyl (C=O) groups excluding carboxylic acids is 1. The Morgan fingerprint density at radius 1 is 0.968 bits per heavy atom. The number of sulfonamides is 1. The number of aryl methyl sites for hydroxylation is 1. The lowest BCUT2D eigenvalue weighted by Gasteiger charge is -2.09. The minimum atomic E-state index is -3.77. The first kappa shape index (κ1) is 22.2. The number of hydrogen-bond acceptors (Lipinski definition) is 5. The molecule has 0 aliphatic carbocycles. The van der Waals surface area contributed by atoms with Gasteiger partial charge in [0.1, 0.15) is 12.4 Å². The Bertz CT molecular complexity index is 1140. The van der Waals surface area contributed by atoms with E-state index in [9.17, 15) is 13.2 Å². The molecule has 0 spiro atoms. The van der Waals surface area contributed by atoms with Crippen LogP contribution < -0.4 is 14.9 Å². The number of hydrazone groups is 1. The zero-order valence-corrected chi connectivity index (χ0v) is 17.8. The molecule has 0 heterocycles. The van der Waals surface area contributed by atoms with Crippen LogP contribution in [0.25, 0.3) is 0 Å². The van der Waals surface area contributed by atoms with Gasteiger partial charge in [-0.2, -0.15) is 5.10 Å². The number of nitrogens with one attached hydrogen (secondary N) is 2. The molecule has 0 aliphatic heterocycles. The van der Waals surface area contributed by atoms with Gasteiger partial charge in [0.05, 0.1) is 17.7 Å². The number of rotatable bonds is 9. The summed E-state index contributed by atoms with van der Waals surface area (Å²) in [6, 6.07) is 23.4. The highest BCUT2D eigenvalue weighted by atomic mass is 32.2. The summed E-state index contributed by atoms with van der Waals surface area (Å²) in [5.74, 6) is 0.0269. The number of amides is 1. The van der Waals surface area contributed by atoms with E-state index in [1.807, 2.05) is 55.5 Å². The lowest BCUT2D eigenvalue weighted by molar-refractivity contribution is -0.119. The van der Waals surface area contributed by atoms with Crippen LogP contribution in [0.4, 0.5) is 0 Å². The van der Waals surface area contributed by atoms with E-state index < -0.39 is 22.5 Å². The van der Waals surface area contributed by atoms with Crippen molar-refractivity contribution in [3.8, 4) is 5.75 Å². The fourth-order valence-electron chi connectivity index (χ4n) is 2.63. The predicted octanol–water partition coefficient (Wildman–Crippen LogP) is 3.00. The summed E-state index contributed by atoms with van der Waals surface area (Å²) in [4.78, 5) is 12.1. The lowest BCUT2D eigenvalue weighted by Crippen LogP contribution is -2.34. The van der Waals surface area contributed by atoms with Crippen LogP contribution in [0.5, 0.6) is 5.75 Å². The van der Waals surface area contributed by atoms with Crippen molar-refractivity contribution in [3.63, 3.8) is 0 Å². The van der Waals surface area contributed by atoms with Crippen LogP contribution in [0.15, 0.2) is 88.9 Å². The molecule has 2 N–H and O–H groups in total. The average Bonchev–Trinajstić information content (AvgIpc) is 2.78. The Labute approximate surface area is 181 Å². The molecule has 31 heavy (non-hydrogen) atoms. The van der Waals surface area contributed by atoms with Crippen LogP contribution in [0, 0.1) is 6.92 Å². The van der Waals surface area contributed by atoms with Crippen LogP contribution in [0.2, 0.25) is 0 Å². The van der Waals surface area contributed by atoms with Gasteiger partial charge >= 0.3 is 0 Å². The molecular formula is C23H23N3O4S. The van der Waals surface area contributed by atoms with Gasteiger partial charge in [-0.05, 0) is 36.8 Å². The maximum atomic E-state index is 12.2. The van der Waals surface area contributed by atoms with Gasteiger partial charge in [0.25, 0.3) is 5.91 Å². The van der Waals surface area contributed by atoms with Crippen LogP contribution in [-0.4, -0.2) is 27.1 Å². The fourth-order valence-corrected chi connectivity index (χ4v) is 3.61. The van der Waals surface area contributed by atoms with Crippen molar-refractivity contribution in [2.24, 2.45) is 5.10 Å². The molecule has 0 aliphatic rings. The number of nitrogens with zero attached hydrogens (tertiary/aromatic N) is 1. The smallest absolute Gasteiger partial charge is 0.255 e. The van der Waals surface area contributed by atoms with E-state index in [4.69, 9.17) is 4.74 Å². The van der Waals surface area contributed by atoms with Crippen LogP contribution >= 0.6 is 0 Å². The van der Waals surface area contributed by atoms with Crippen molar-refractivity contribution in [1.29, 1.82) is 0 Å². The highest BCUT2D eigenvalue weighted by Gasteiger charge is 2.14. The molecule has 0 saturated heterocycles. The standard InChI is InChI=1S/C23H23N3O4S/c1-18-11-13-21(14-12-18)31(28,29)25-16-23(27)26-24-15-20-9-5-6-10-22(20)30-17-19-7-3-2-4-8-19/h2-15,25H,16-17H2,1H3,(H,26,27)/b24-15+. The second-order valence-corrected chi connectivity index (χ2v) is 8.51. The summed E-state index contributed by atoms with van der Waals surface area (Å²) >= 11 is 0. The summed E-state index contributed by atoms with van der Waals surface area (Å²) in [6.45, 7) is 1.83. The zero-order chi connectivity index (χ0) is 22.1. The maximum absolute atomic E-state index is 12.2. The molecule has 3 aromatic carbocycles. The van der Waals surface area contributed by atoms with Gasteiger partial charge < -0.3 is 4.74 Å².